The van der Waals surface area contributed by atoms with Crippen LogP contribution < -0.4 is 10.6 Å². The average Bonchev–Trinajstić information content (AvgIpc) is 3.22. The van der Waals surface area contributed by atoms with Gasteiger partial charge in [-0.1, -0.05) is 103 Å². The molecule has 0 bridgehead atoms. The largest absolute Gasteiger partial charge is 0.313 e. The SMILES string of the molecule is O=P(c1ccccc1)(c1ccccc1)[C@@H]1CCC=C(c2ccccc2)[C@@H]2CCC[C@@H]12. The standard InChI is InChI=1S/C28H29OP/c29-30(23-14-6-2-7-15-23,24-16-8-3-9-17-24)28-21-11-18-25(22-12-4-1-5-13-22)26-19-10-20-27(26)28/h1-9,12-18,26-28H,10-11,19-21H2/t26-,27+,28+/m0/s1. The van der Waals surface area contributed by atoms with Crippen molar-refractivity contribution < 1.29 is 4.57 Å². The van der Waals surface area contributed by atoms with E-state index in [1.165, 1.54) is 30.4 Å². The molecule has 1 saturated carbocycles. The minimum Gasteiger partial charge on any atom is -0.313 e. The van der Waals surface area contributed by atoms with Crippen LogP contribution in [0.1, 0.15) is 37.7 Å². The maximum atomic E-state index is 15.1. The second-order valence-corrected chi connectivity index (χ2v) is 11.7. The van der Waals surface area contributed by atoms with E-state index >= 15 is 4.57 Å². The molecule has 3 aromatic carbocycles. The van der Waals surface area contributed by atoms with Crippen LogP contribution in [0.15, 0.2) is 97.1 Å². The van der Waals surface area contributed by atoms with E-state index in [4.69, 9.17) is 0 Å². The van der Waals surface area contributed by atoms with Crippen molar-refractivity contribution in [2.75, 3.05) is 0 Å². The van der Waals surface area contributed by atoms with Crippen molar-refractivity contribution in [1.29, 1.82) is 0 Å². The van der Waals surface area contributed by atoms with Gasteiger partial charge >= 0.3 is 0 Å². The first-order valence-corrected chi connectivity index (χ1v) is 13.0. The van der Waals surface area contributed by atoms with Crippen molar-refractivity contribution >= 4 is 23.3 Å². The highest BCUT2D eigenvalue weighted by molar-refractivity contribution is 7.79. The van der Waals surface area contributed by atoms with Gasteiger partial charge in [-0.25, -0.2) is 0 Å². The van der Waals surface area contributed by atoms with E-state index in [1.54, 1.807) is 0 Å². The lowest BCUT2D eigenvalue weighted by molar-refractivity contribution is 0.429. The third-order valence-electron chi connectivity index (χ3n) is 7.14. The minimum absolute atomic E-state index is 0.201. The van der Waals surface area contributed by atoms with Crippen LogP contribution in [-0.4, -0.2) is 5.66 Å². The van der Waals surface area contributed by atoms with Crippen LogP contribution in [0.3, 0.4) is 0 Å². The number of fused-ring (bicyclic) bond motifs is 1. The van der Waals surface area contributed by atoms with E-state index in [-0.39, 0.29) is 5.66 Å². The summed E-state index contributed by atoms with van der Waals surface area (Å²) >= 11 is 0. The first-order chi connectivity index (χ1) is 14.8. The van der Waals surface area contributed by atoms with Crippen molar-refractivity contribution in [3.8, 4) is 0 Å². The maximum absolute atomic E-state index is 15.1. The van der Waals surface area contributed by atoms with Crippen LogP contribution in [0, 0.1) is 11.8 Å². The third-order valence-corrected chi connectivity index (χ3v) is 10.8. The zero-order chi connectivity index (χ0) is 20.4. The molecule has 0 heterocycles. The van der Waals surface area contributed by atoms with Crippen molar-refractivity contribution in [1.82, 2.24) is 0 Å². The fraction of sp³-hybridized carbons (Fsp3) is 0.286. The van der Waals surface area contributed by atoms with Crippen LogP contribution in [-0.2, 0) is 4.57 Å². The van der Waals surface area contributed by atoms with Gasteiger partial charge in [0.2, 0.25) is 0 Å². The van der Waals surface area contributed by atoms with E-state index in [0.29, 0.717) is 11.8 Å². The second kappa shape index (κ2) is 8.40. The van der Waals surface area contributed by atoms with Gasteiger partial charge in [-0.15, -0.1) is 0 Å². The highest BCUT2D eigenvalue weighted by atomic mass is 31.2. The summed E-state index contributed by atoms with van der Waals surface area (Å²) in [4.78, 5) is 0. The predicted molar refractivity (Wildman–Crippen MR) is 128 cm³/mol. The molecule has 0 unspecified atom stereocenters. The van der Waals surface area contributed by atoms with E-state index in [2.05, 4.69) is 60.7 Å². The predicted octanol–water partition coefficient (Wildman–Crippen LogP) is 6.66. The molecule has 3 aromatic rings. The van der Waals surface area contributed by atoms with Crippen molar-refractivity contribution in [2.24, 2.45) is 11.8 Å². The van der Waals surface area contributed by atoms with Crippen LogP contribution in [0.25, 0.3) is 5.57 Å². The molecule has 0 radical (unpaired) electrons. The number of benzene rings is 3. The van der Waals surface area contributed by atoms with Crippen molar-refractivity contribution in [2.45, 2.75) is 37.8 Å². The smallest absolute Gasteiger partial charge is 0.146 e. The summed E-state index contributed by atoms with van der Waals surface area (Å²) in [6, 6.07) is 31.5. The molecule has 0 amide bonds. The van der Waals surface area contributed by atoms with Gasteiger partial charge in [0.25, 0.3) is 0 Å². The number of allylic oxidation sites excluding steroid dienone is 2. The summed E-state index contributed by atoms with van der Waals surface area (Å²) in [6.45, 7) is 0. The Morgan fingerprint density at radius 1 is 0.667 bits per heavy atom. The molecule has 0 spiro atoms. The molecule has 1 fully saturated rings. The highest BCUT2D eigenvalue weighted by Crippen LogP contribution is 2.60. The summed E-state index contributed by atoms with van der Waals surface area (Å²) in [6.07, 6.45) is 8.09. The lowest BCUT2D eigenvalue weighted by atomic mass is 9.84. The fourth-order valence-corrected chi connectivity index (χ4v) is 9.56. The summed E-state index contributed by atoms with van der Waals surface area (Å²) < 4.78 is 15.1. The van der Waals surface area contributed by atoms with Gasteiger partial charge in [-0.3, -0.25) is 0 Å². The van der Waals surface area contributed by atoms with Gasteiger partial charge in [-0.2, -0.15) is 0 Å². The van der Waals surface area contributed by atoms with Gasteiger partial charge < -0.3 is 4.57 Å². The number of hydrogen-bond donors (Lipinski definition) is 0. The van der Waals surface area contributed by atoms with E-state index in [1.807, 2.05) is 36.4 Å². The molecule has 0 N–H and O–H groups in total. The van der Waals surface area contributed by atoms with Gasteiger partial charge in [0, 0.05) is 16.3 Å². The van der Waals surface area contributed by atoms with Crippen LogP contribution in [0.4, 0.5) is 0 Å². The lowest BCUT2D eigenvalue weighted by Crippen LogP contribution is -2.32. The molecule has 0 aromatic heterocycles. The number of hydrogen-bond acceptors (Lipinski definition) is 1. The summed E-state index contributed by atoms with van der Waals surface area (Å²) in [7, 11) is -2.75. The van der Waals surface area contributed by atoms with Gasteiger partial charge in [0.1, 0.15) is 7.14 Å². The molecule has 1 nitrogen and oxygen atoms in total. The van der Waals surface area contributed by atoms with E-state index in [9.17, 15) is 0 Å². The van der Waals surface area contributed by atoms with Crippen LogP contribution >= 0.6 is 7.14 Å². The Morgan fingerprint density at radius 3 is 1.83 bits per heavy atom. The van der Waals surface area contributed by atoms with Crippen LogP contribution in [0.5, 0.6) is 0 Å². The highest BCUT2D eigenvalue weighted by Gasteiger charge is 2.46. The maximum Gasteiger partial charge on any atom is 0.146 e. The molecular weight excluding hydrogens is 383 g/mol. The number of rotatable bonds is 4. The molecule has 2 heteroatoms. The molecular formula is C28H29OP. The Kier molecular flexibility index (Phi) is 5.48. The molecule has 5 rings (SSSR count). The zero-order valence-electron chi connectivity index (χ0n) is 17.4. The van der Waals surface area contributed by atoms with Crippen molar-refractivity contribution in [3.05, 3.63) is 103 Å². The molecule has 2 aliphatic carbocycles. The molecule has 0 aliphatic heterocycles. The Bertz CT molecular complexity index is 1010. The third kappa shape index (κ3) is 3.40. The van der Waals surface area contributed by atoms with Crippen molar-refractivity contribution in [3.63, 3.8) is 0 Å². The van der Waals surface area contributed by atoms with Crippen LogP contribution in [0.2, 0.25) is 0 Å². The fourth-order valence-electron chi connectivity index (χ4n) is 5.86. The Labute approximate surface area is 180 Å². The summed E-state index contributed by atoms with van der Waals surface area (Å²) in [5.74, 6) is 0.992. The van der Waals surface area contributed by atoms with Gasteiger partial charge in [0.05, 0.1) is 0 Å². The molecule has 30 heavy (non-hydrogen) atoms. The first kappa shape index (κ1) is 19.6. The summed E-state index contributed by atoms with van der Waals surface area (Å²) in [5.41, 5.74) is 3.05. The normalized spacial score (nSPS) is 24.0. The van der Waals surface area contributed by atoms with Gasteiger partial charge in [0.15, 0.2) is 0 Å². The Balaban J connectivity index is 1.61. The summed E-state index contributed by atoms with van der Waals surface area (Å²) in [5, 5.41) is 2.05. The average molecular weight is 413 g/mol. The molecule has 152 valence electrons. The van der Waals surface area contributed by atoms with E-state index in [0.717, 1.165) is 23.5 Å². The molecule has 0 saturated heterocycles. The Hall–Kier alpha value is -2.37. The molecule has 2 aliphatic rings. The lowest BCUT2D eigenvalue weighted by Gasteiger charge is -2.35. The monoisotopic (exact) mass is 412 g/mol. The van der Waals surface area contributed by atoms with Gasteiger partial charge in [-0.05, 0) is 48.7 Å². The zero-order valence-corrected chi connectivity index (χ0v) is 18.3. The van der Waals surface area contributed by atoms with E-state index < -0.39 is 7.14 Å². The Morgan fingerprint density at radius 2 is 1.23 bits per heavy atom. The topological polar surface area (TPSA) is 17.1 Å². The molecule has 3 atom stereocenters. The quantitative estimate of drug-likeness (QED) is 0.438. The first-order valence-electron chi connectivity index (χ1n) is 11.2. The second-order valence-electron chi connectivity index (χ2n) is 8.70. The minimum atomic E-state index is -2.75.